The molecule has 0 saturated carbocycles. The van der Waals surface area contributed by atoms with Gasteiger partial charge in [0.1, 0.15) is 23.8 Å². The van der Waals surface area contributed by atoms with E-state index >= 15 is 0 Å². The van der Waals surface area contributed by atoms with E-state index in [0.717, 1.165) is 10.0 Å². The molecule has 1 amide bonds. The van der Waals surface area contributed by atoms with Crippen LogP contribution in [0.1, 0.15) is 11.1 Å². The molecule has 0 spiro atoms. The summed E-state index contributed by atoms with van der Waals surface area (Å²) >= 11 is 3.48. The molecule has 0 saturated heterocycles. The summed E-state index contributed by atoms with van der Waals surface area (Å²) in [6.07, 6.45) is 0.399. The maximum absolute atomic E-state index is 13.5. The Labute approximate surface area is 209 Å². The second-order valence-electron chi connectivity index (χ2n) is 7.94. The van der Waals surface area contributed by atoms with Gasteiger partial charge in [0.15, 0.2) is 0 Å². The number of rotatable bonds is 6. The van der Waals surface area contributed by atoms with Gasteiger partial charge in [-0.2, -0.15) is 0 Å². The second kappa shape index (κ2) is 9.34. The summed E-state index contributed by atoms with van der Waals surface area (Å²) in [4.78, 5) is 26.7. The van der Waals surface area contributed by atoms with Crippen molar-refractivity contribution in [1.82, 2.24) is 9.36 Å². The second-order valence-corrected chi connectivity index (χ2v) is 8.85. The van der Waals surface area contributed by atoms with Gasteiger partial charge in [0.05, 0.1) is 31.2 Å². The molecule has 5 rings (SSSR count). The SMILES string of the molecule is COc1ccc(NC(=O)Cn2c3c(c(=O)n2-c2ccccc2)Cc2cc(Br)ccc2O3)c(OC)c1. The fraction of sp³-hybridized carbons (Fsp3) is 0.154. The van der Waals surface area contributed by atoms with Crippen molar-refractivity contribution in [1.29, 1.82) is 0 Å². The van der Waals surface area contributed by atoms with Crippen molar-refractivity contribution in [3.63, 3.8) is 0 Å². The van der Waals surface area contributed by atoms with Crippen LogP contribution in [0.5, 0.6) is 23.1 Å². The van der Waals surface area contributed by atoms with E-state index in [2.05, 4.69) is 21.2 Å². The quantitative estimate of drug-likeness (QED) is 0.339. The molecular weight excluding hydrogens is 514 g/mol. The summed E-state index contributed by atoms with van der Waals surface area (Å²) in [6, 6.07) is 20.0. The first-order chi connectivity index (χ1) is 17.0. The summed E-state index contributed by atoms with van der Waals surface area (Å²) in [6.45, 7) is -0.152. The Bertz CT molecular complexity index is 1480. The van der Waals surface area contributed by atoms with E-state index in [4.69, 9.17) is 14.2 Å². The first kappa shape index (κ1) is 22.8. The van der Waals surface area contributed by atoms with Gasteiger partial charge in [-0.25, -0.2) is 9.36 Å². The maximum atomic E-state index is 13.5. The Morgan fingerprint density at radius 3 is 2.60 bits per heavy atom. The third-order valence-corrected chi connectivity index (χ3v) is 6.25. The van der Waals surface area contributed by atoms with Gasteiger partial charge in [0, 0.05) is 22.5 Å². The number of fused-ring (bicyclic) bond motifs is 2. The van der Waals surface area contributed by atoms with Gasteiger partial charge in [-0.1, -0.05) is 34.1 Å². The van der Waals surface area contributed by atoms with Crippen LogP contribution in [0, 0.1) is 0 Å². The van der Waals surface area contributed by atoms with Crippen molar-refractivity contribution in [3.05, 3.63) is 92.7 Å². The normalized spacial score (nSPS) is 11.7. The lowest BCUT2D eigenvalue weighted by Gasteiger charge is -2.20. The van der Waals surface area contributed by atoms with E-state index in [1.165, 1.54) is 11.8 Å². The average Bonchev–Trinajstić information content (AvgIpc) is 3.13. The summed E-state index contributed by atoms with van der Waals surface area (Å²) in [5, 5.41) is 2.87. The van der Waals surface area contributed by atoms with Crippen LogP contribution in [-0.2, 0) is 17.8 Å². The minimum atomic E-state index is -0.346. The number of aromatic nitrogens is 2. The summed E-state index contributed by atoms with van der Waals surface area (Å²) in [7, 11) is 3.07. The number of hydrogen-bond acceptors (Lipinski definition) is 5. The Kier molecular flexibility index (Phi) is 6.08. The van der Waals surface area contributed by atoms with Crippen molar-refractivity contribution in [2.75, 3.05) is 19.5 Å². The maximum Gasteiger partial charge on any atom is 0.278 e. The number of carbonyl (C=O) groups excluding carboxylic acids is 1. The molecule has 0 atom stereocenters. The number of halogens is 1. The van der Waals surface area contributed by atoms with Gasteiger partial charge in [-0.05, 0) is 42.5 Å². The van der Waals surface area contributed by atoms with Gasteiger partial charge in [-0.3, -0.25) is 9.59 Å². The Hall–Kier alpha value is -3.98. The minimum Gasteiger partial charge on any atom is -0.497 e. The van der Waals surface area contributed by atoms with Crippen LogP contribution >= 0.6 is 15.9 Å². The lowest BCUT2D eigenvalue weighted by Crippen LogP contribution is -2.27. The molecule has 9 heteroatoms. The number of nitrogens with zero attached hydrogens (tertiary/aromatic N) is 2. The van der Waals surface area contributed by atoms with E-state index in [1.807, 2.05) is 48.5 Å². The van der Waals surface area contributed by atoms with Crippen LogP contribution < -0.4 is 25.1 Å². The average molecular weight is 536 g/mol. The van der Waals surface area contributed by atoms with Gasteiger partial charge < -0.3 is 19.5 Å². The molecule has 4 aromatic rings. The third kappa shape index (κ3) is 4.30. The summed E-state index contributed by atoms with van der Waals surface area (Å²) < 4.78 is 20.7. The van der Waals surface area contributed by atoms with Crippen molar-refractivity contribution in [2.24, 2.45) is 0 Å². The molecule has 8 nitrogen and oxygen atoms in total. The third-order valence-electron chi connectivity index (χ3n) is 5.76. The molecule has 0 bridgehead atoms. The van der Waals surface area contributed by atoms with Crippen molar-refractivity contribution in [3.8, 4) is 28.8 Å². The van der Waals surface area contributed by atoms with E-state index in [0.29, 0.717) is 46.5 Å². The molecule has 3 aromatic carbocycles. The van der Waals surface area contributed by atoms with Crippen LogP contribution in [0.2, 0.25) is 0 Å². The highest BCUT2D eigenvalue weighted by Gasteiger charge is 2.29. The number of hydrogen-bond donors (Lipinski definition) is 1. The Morgan fingerprint density at radius 1 is 1.06 bits per heavy atom. The number of methoxy groups -OCH3 is 2. The summed E-state index contributed by atoms with van der Waals surface area (Å²) in [5.41, 5.74) is 2.29. The highest BCUT2D eigenvalue weighted by atomic mass is 79.9. The van der Waals surface area contributed by atoms with Crippen LogP contribution in [0.25, 0.3) is 5.69 Å². The number of nitrogens with one attached hydrogen (secondary N) is 1. The molecule has 0 radical (unpaired) electrons. The Balaban J connectivity index is 1.54. The van der Waals surface area contributed by atoms with Crippen LogP contribution in [0.3, 0.4) is 0 Å². The van der Waals surface area contributed by atoms with Gasteiger partial charge in [0.2, 0.25) is 11.8 Å². The smallest absolute Gasteiger partial charge is 0.278 e. The lowest BCUT2D eigenvalue weighted by molar-refractivity contribution is -0.117. The van der Waals surface area contributed by atoms with Crippen LogP contribution in [0.15, 0.2) is 76.0 Å². The number of ether oxygens (including phenoxy) is 3. The molecule has 1 N–H and O–H groups in total. The van der Waals surface area contributed by atoms with Gasteiger partial charge >= 0.3 is 0 Å². The van der Waals surface area contributed by atoms with Gasteiger partial charge in [-0.15, -0.1) is 0 Å². The lowest BCUT2D eigenvalue weighted by atomic mass is 10.0. The monoisotopic (exact) mass is 535 g/mol. The molecule has 1 aliphatic rings. The molecule has 1 aliphatic heterocycles. The number of carbonyl (C=O) groups is 1. The highest BCUT2D eigenvalue weighted by Crippen LogP contribution is 2.37. The number of benzene rings is 3. The highest BCUT2D eigenvalue weighted by molar-refractivity contribution is 9.10. The number of para-hydroxylation sites is 1. The predicted molar refractivity (Wildman–Crippen MR) is 135 cm³/mol. The topological polar surface area (TPSA) is 83.7 Å². The molecule has 2 heterocycles. The standard InChI is InChI=1S/C26H22BrN3O5/c1-33-19-9-10-21(23(14-19)34-2)28-24(31)15-29-26-20(13-16-12-17(27)8-11-22(16)35-26)25(32)30(29)18-6-4-3-5-7-18/h3-12,14H,13,15H2,1-2H3,(H,28,31). The zero-order valence-electron chi connectivity index (χ0n) is 19.1. The van der Waals surface area contributed by atoms with Crippen LogP contribution in [-0.4, -0.2) is 29.5 Å². The fourth-order valence-electron chi connectivity index (χ4n) is 4.12. The number of amides is 1. The molecule has 0 unspecified atom stereocenters. The van der Waals surface area contributed by atoms with Gasteiger partial charge in [0.25, 0.3) is 5.56 Å². The van der Waals surface area contributed by atoms with E-state index in [1.54, 1.807) is 30.0 Å². The zero-order valence-corrected chi connectivity index (χ0v) is 20.7. The molecule has 0 aliphatic carbocycles. The Morgan fingerprint density at radius 2 is 1.86 bits per heavy atom. The van der Waals surface area contributed by atoms with Crippen molar-refractivity contribution >= 4 is 27.5 Å². The summed E-state index contributed by atoms with van der Waals surface area (Å²) in [5.74, 6) is 1.72. The molecular formula is C26H22BrN3O5. The molecule has 0 fully saturated rings. The van der Waals surface area contributed by atoms with E-state index in [-0.39, 0.29) is 18.0 Å². The molecule has 178 valence electrons. The van der Waals surface area contributed by atoms with E-state index in [9.17, 15) is 9.59 Å². The van der Waals surface area contributed by atoms with Crippen LogP contribution in [0.4, 0.5) is 5.69 Å². The predicted octanol–water partition coefficient (Wildman–Crippen LogP) is 4.75. The molecule has 1 aromatic heterocycles. The minimum absolute atomic E-state index is 0.152. The van der Waals surface area contributed by atoms with Crippen molar-refractivity contribution in [2.45, 2.75) is 13.0 Å². The number of anilines is 1. The first-order valence-corrected chi connectivity index (χ1v) is 11.7. The fourth-order valence-corrected chi connectivity index (χ4v) is 4.53. The largest absolute Gasteiger partial charge is 0.497 e. The van der Waals surface area contributed by atoms with E-state index < -0.39 is 0 Å². The first-order valence-electron chi connectivity index (χ1n) is 10.9. The van der Waals surface area contributed by atoms with Crippen molar-refractivity contribution < 1.29 is 19.0 Å². The zero-order chi connectivity index (χ0) is 24.5. The molecule has 35 heavy (non-hydrogen) atoms.